The minimum Gasteiger partial charge on any atom is -0.383 e. The van der Waals surface area contributed by atoms with E-state index < -0.39 is 0 Å². The van der Waals surface area contributed by atoms with Crippen LogP contribution in [0, 0.1) is 6.92 Å². The second-order valence-electron chi connectivity index (χ2n) is 12.5. The van der Waals surface area contributed by atoms with Crippen LogP contribution < -0.4 is 10.6 Å². The van der Waals surface area contributed by atoms with Crippen LogP contribution in [0.5, 0.6) is 0 Å². The highest BCUT2D eigenvalue weighted by molar-refractivity contribution is 6.09. The first-order chi connectivity index (χ1) is 22.2. The van der Waals surface area contributed by atoms with Gasteiger partial charge in [-0.1, -0.05) is 75.4 Å². The molecule has 9 heteroatoms. The molecule has 0 aliphatic carbocycles. The fraction of sp³-hybridized carbons (Fsp3) is 0.324. The molecule has 0 spiro atoms. The number of rotatable bonds is 12. The molecule has 0 aliphatic heterocycles. The van der Waals surface area contributed by atoms with Crippen molar-refractivity contribution in [2.45, 2.75) is 39.7 Å². The number of aromatic nitrogens is 3. The maximum atomic E-state index is 13.4. The molecule has 0 unspecified atom stereocenters. The molecule has 0 aliphatic rings. The van der Waals surface area contributed by atoms with E-state index in [-0.39, 0.29) is 11.4 Å². The molecule has 0 radical (unpaired) electrons. The molecule has 2 aromatic heterocycles. The van der Waals surface area contributed by atoms with Crippen LogP contribution in [0.25, 0.3) is 27.6 Å². The van der Waals surface area contributed by atoms with Gasteiger partial charge in [-0.05, 0) is 47.2 Å². The molecular weight excluding hydrogens is 576 g/mol. The van der Waals surface area contributed by atoms with Gasteiger partial charge in [0.05, 0.1) is 36.5 Å². The van der Waals surface area contributed by atoms with Crippen molar-refractivity contribution < 1.29 is 14.3 Å². The smallest absolute Gasteiger partial charge is 0.324 e. The number of methoxy groups -OCH3 is 2. The van der Waals surface area contributed by atoms with Crippen LogP contribution in [0.1, 0.15) is 37.7 Å². The van der Waals surface area contributed by atoms with Crippen LogP contribution >= 0.6 is 0 Å². The highest BCUT2D eigenvalue weighted by Crippen LogP contribution is 2.34. The summed E-state index contributed by atoms with van der Waals surface area (Å²) in [6.45, 7) is 12.1. The molecule has 2 amide bonds. The molecule has 0 saturated carbocycles. The quantitative estimate of drug-likeness (QED) is 0.151. The van der Waals surface area contributed by atoms with E-state index in [1.165, 1.54) is 5.56 Å². The van der Waals surface area contributed by atoms with Crippen LogP contribution in [0.2, 0.25) is 0 Å². The summed E-state index contributed by atoms with van der Waals surface area (Å²) in [5.74, 6) is 0.567. The van der Waals surface area contributed by atoms with Crippen LogP contribution in [-0.4, -0.2) is 66.2 Å². The fourth-order valence-corrected chi connectivity index (χ4v) is 5.31. The number of hydrogen-bond acceptors (Lipinski definition) is 6. The Kier molecular flexibility index (Phi) is 10.5. The summed E-state index contributed by atoms with van der Waals surface area (Å²) in [5.41, 5.74) is 6.51. The van der Waals surface area contributed by atoms with Crippen molar-refractivity contribution in [1.29, 1.82) is 0 Å². The van der Waals surface area contributed by atoms with Gasteiger partial charge in [-0.25, -0.2) is 9.48 Å². The summed E-state index contributed by atoms with van der Waals surface area (Å²) < 4.78 is 12.3. The lowest BCUT2D eigenvalue weighted by atomic mass is 9.92. The van der Waals surface area contributed by atoms with Crippen molar-refractivity contribution >= 4 is 28.3 Å². The molecule has 0 bridgehead atoms. The Balaban J connectivity index is 1.36. The van der Waals surface area contributed by atoms with Gasteiger partial charge in [-0.15, -0.1) is 0 Å². The van der Waals surface area contributed by atoms with E-state index >= 15 is 0 Å². The summed E-state index contributed by atoms with van der Waals surface area (Å²) in [4.78, 5) is 20.2. The molecule has 9 nitrogen and oxygen atoms in total. The summed E-state index contributed by atoms with van der Waals surface area (Å²) in [5, 5.41) is 12.9. The minimum atomic E-state index is -0.351. The number of benzene rings is 3. The average Bonchev–Trinajstić information content (AvgIpc) is 3.47. The molecular formula is C37H44N6O3. The predicted molar refractivity (Wildman–Crippen MR) is 186 cm³/mol. The molecule has 0 saturated heterocycles. The maximum Gasteiger partial charge on any atom is 0.324 e. The van der Waals surface area contributed by atoms with Crippen LogP contribution in [0.3, 0.4) is 0 Å². The highest BCUT2D eigenvalue weighted by atomic mass is 16.5. The number of carbonyl (C=O) groups is 1. The zero-order valence-corrected chi connectivity index (χ0v) is 27.6. The van der Waals surface area contributed by atoms with Gasteiger partial charge >= 0.3 is 6.03 Å². The van der Waals surface area contributed by atoms with Gasteiger partial charge < -0.3 is 14.8 Å². The Morgan fingerprint density at radius 3 is 2.20 bits per heavy atom. The van der Waals surface area contributed by atoms with Crippen molar-refractivity contribution in [3.05, 3.63) is 102 Å². The van der Waals surface area contributed by atoms with Gasteiger partial charge in [0.25, 0.3) is 0 Å². The number of amides is 2. The lowest BCUT2D eigenvalue weighted by Crippen LogP contribution is -2.30. The summed E-state index contributed by atoms with van der Waals surface area (Å²) >= 11 is 0. The van der Waals surface area contributed by atoms with Gasteiger partial charge in [0.1, 0.15) is 5.82 Å². The van der Waals surface area contributed by atoms with E-state index in [0.717, 1.165) is 64.3 Å². The van der Waals surface area contributed by atoms with Crippen molar-refractivity contribution in [2.24, 2.45) is 0 Å². The van der Waals surface area contributed by atoms with E-state index in [1.807, 2.05) is 49.4 Å². The monoisotopic (exact) mass is 620 g/mol. The van der Waals surface area contributed by atoms with E-state index in [9.17, 15) is 4.79 Å². The molecule has 5 aromatic rings. The normalized spacial score (nSPS) is 11.7. The van der Waals surface area contributed by atoms with Crippen molar-refractivity contribution in [3.8, 4) is 16.8 Å². The Labute approximate surface area is 271 Å². The molecule has 2 heterocycles. The number of nitrogens with zero attached hydrogens (tertiary/aromatic N) is 4. The molecule has 240 valence electrons. The fourth-order valence-electron chi connectivity index (χ4n) is 5.31. The Hall–Kier alpha value is -4.57. The number of ether oxygens (including phenoxy) is 2. The number of pyridine rings is 1. The first kappa shape index (κ1) is 32.8. The molecule has 0 atom stereocenters. The number of urea groups is 1. The van der Waals surface area contributed by atoms with Crippen molar-refractivity contribution in [3.63, 3.8) is 0 Å². The number of fused-ring (bicyclic) bond motifs is 1. The minimum absolute atomic E-state index is 0.200. The lowest BCUT2D eigenvalue weighted by Gasteiger charge is -2.21. The standard InChI is InChI=1S/C37H44N6O3/c1-26-11-16-29(24-38-26)43-35(23-34(41-43)37(2,3)4)40-36(44)39-33-18-17-30(31-9-7-8-10-32(31)33)28-14-12-27(13-15-28)25-42(19-21-45-5)20-22-46-6/h7-18,23-24H,19-22,25H2,1-6H3,(H2,39,40,44). The second-order valence-corrected chi connectivity index (χ2v) is 12.5. The molecule has 0 fully saturated rings. The van der Waals surface area contributed by atoms with E-state index in [0.29, 0.717) is 19.0 Å². The van der Waals surface area contributed by atoms with E-state index in [2.05, 4.69) is 77.7 Å². The van der Waals surface area contributed by atoms with Crippen LogP contribution in [0.4, 0.5) is 16.3 Å². The topological polar surface area (TPSA) is 93.5 Å². The zero-order chi connectivity index (χ0) is 32.7. The maximum absolute atomic E-state index is 13.4. The number of anilines is 2. The predicted octanol–water partition coefficient (Wildman–Crippen LogP) is 7.43. The Morgan fingerprint density at radius 1 is 0.870 bits per heavy atom. The highest BCUT2D eigenvalue weighted by Gasteiger charge is 2.22. The summed E-state index contributed by atoms with van der Waals surface area (Å²) in [7, 11) is 3.45. The molecule has 5 rings (SSSR count). The summed E-state index contributed by atoms with van der Waals surface area (Å²) in [6.07, 6.45) is 1.76. The Bertz CT molecular complexity index is 1750. The summed E-state index contributed by atoms with van der Waals surface area (Å²) in [6, 6.07) is 26.3. The SMILES string of the molecule is COCCN(CCOC)Cc1ccc(-c2ccc(NC(=O)Nc3cc(C(C)(C)C)nn3-c3ccc(C)nc3)c3ccccc23)cc1. The molecule has 46 heavy (non-hydrogen) atoms. The van der Waals surface area contributed by atoms with E-state index in [4.69, 9.17) is 14.6 Å². The largest absolute Gasteiger partial charge is 0.383 e. The number of hydrogen-bond donors (Lipinski definition) is 2. The first-order valence-electron chi connectivity index (χ1n) is 15.6. The molecule has 2 N–H and O–H groups in total. The number of nitrogens with one attached hydrogen (secondary N) is 2. The third-order valence-electron chi connectivity index (χ3n) is 7.93. The van der Waals surface area contributed by atoms with Gasteiger partial charge in [0, 0.05) is 56.4 Å². The van der Waals surface area contributed by atoms with Gasteiger partial charge in [0.2, 0.25) is 0 Å². The Morgan fingerprint density at radius 2 is 1.57 bits per heavy atom. The van der Waals surface area contributed by atoms with Crippen LogP contribution in [-0.2, 0) is 21.4 Å². The van der Waals surface area contributed by atoms with Gasteiger partial charge in [-0.2, -0.15) is 5.10 Å². The lowest BCUT2D eigenvalue weighted by molar-refractivity contribution is 0.110. The second kappa shape index (κ2) is 14.7. The van der Waals surface area contributed by atoms with Crippen molar-refractivity contribution in [2.75, 3.05) is 51.2 Å². The van der Waals surface area contributed by atoms with Crippen molar-refractivity contribution in [1.82, 2.24) is 19.7 Å². The third kappa shape index (κ3) is 7.98. The number of aryl methyl sites for hydroxylation is 1. The van der Waals surface area contributed by atoms with Crippen LogP contribution in [0.15, 0.2) is 85.1 Å². The zero-order valence-electron chi connectivity index (χ0n) is 27.6. The average molecular weight is 621 g/mol. The first-order valence-corrected chi connectivity index (χ1v) is 15.6. The van der Waals surface area contributed by atoms with Gasteiger partial charge in [0.15, 0.2) is 0 Å². The molecule has 3 aromatic carbocycles. The van der Waals surface area contributed by atoms with E-state index in [1.54, 1.807) is 25.1 Å². The third-order valence-corrected chi connectivity index (χ3v) is 7.93. The number of carbonyl (C=O) groups excluding carboxylic acids is 1. The van der Waals surface area contributed by atoms with Gasteiger partial charge in [-0.3, -0.25) is 15.2 Å².